The van der Waals surface area contributed by atoms with E-state index in [4.69, 9.17) is 18.8 Å². The Bertz CT molecular complexity index is 1370. The van der Waals surface area contributed by atoms with Crippen LogP contribution in [0.1, 0.15) is 25.7 Å². The summed E-state index contributed by atoms with van der Waals surface area (Å²) in [4.78, 5) is 35.9. The number of para-hydroxylation sites is 1. The molecule has 0 amide bonds. The second kappa shape index (κ2) is 9.71. The fourth-order valence-electron chi connectivity index (χ4n) is 2.96. The smallest absolute Gasteiger partial charge is 0.446 e. The first-order valence-corrected chi connectivity index (χ1v) is 10.9. The second-order valence-corrected chi connectivity index (χ2v) is 7.88. The Balaban J connectivity index is 2.00. The van der Waals surface area contributed by atoms with Crippen LogP contribution in [0, 0.1) is 0 Å². The fraction of sp³-hybridized carbons (Fsp3) is 0.190. The highest BCUT2D eigenvalue weighted by molar-refractivity contribution is 7.81. The first-order chi connectivity index (χ1) is 15.5. The zero-order valence-corrected chi connectivity index (χ0v) is 17.7. The molecule has 0 fully saturated rings. The van der Waals surface area contributed by atoms with E-state index in [0.717, 1.165) is 12.1 Å². The topological polar surface area (TPSA) is 178 Å². The van der Waals surface area contributed by atoms with Gasteiger partial charge in [0.25, 0.3) is 0 Å². The van der Waals surface area contributed by atoms with Crippen molar-refractivity contribution in [2.24, 2.45) is 0 Å². The number of ether oxygens (including phenoxy) is 1. The van der Waals surface area contributed by atoms with Crippen molar-refractivity contribution in [3.8, 4) is 28.6 Å². The zero-order chi connectivity index (χ0) is 24.2. The van der Waals surface area contributed by atoms with Gasteiger partial charge in [-0.3, -0.25) is 18.9 Å². The van der Waals surface area contributed by atoms with E-state index < -0.39 is 45.0 Å². The van der Waals surface area contributed by atoms with Crippen molar-refractivity contribution in [2.75, 3.05) is 0 Å². The van der Waals surface area contributed by atoms with Crippen molar-refractivity contribution in [2.45, 2.75) is 25.7 Å². The molecule has 0 saturated heterocycles. The van der Waals surface area contributed by atoms with Crippen LogP contribution in [0.15, 0.2) is 51.7 Å². The summed E-state index contributed by atoms with van der Waals surface area (Å²) in [6, 6.07) is 9.40. The predicted molar refractivity (Wildman–Crippen MR) is 114 cm³/mol. The standard InChI is InChI=1S/C21H18O11S/c22-14-11-12(9-10-16(14)32-33(27,28)29)20-21(31-18(25)8-4-3-7-17(23)24)19(26)13-5-1-2-6-15(13)30-20/h1-2,5-6,9-11,22H,3-4,7-8H2,(H,23,24)(H,27,28,29). The molecule has 0 atom stereocenters. The van der Waals surface area contributed by atoms with Crippen LogP contribution in [0.2, 0.25) is 0 Å². The second-order valence-electron chi connectivity index (χ2n) is 6.85. The van der Waals surface area contributed by atoms with Crippen LogP contribution >= 0.6 is 0 Å². The number of hydrogen-bond acceptors (Lipinski definition) is 9. The van der Waals surface area contributed by atoms with E-state index in [9.17, 15) is 27.9 Å². The Morgan fingerprint density at radius 3 is 2.39 bits per heavy atom. The number of carbonyl (C=O) groups is 2. The van der Waals surface area contributed by atoms with Crippen LogP contribution in [0.25, 0.3) is 22.3 Å². The minimum absolute atomic E-state index is 0.0479. The maximum Gasteiger partial charge on any atom is 0.446 e. The third-order valence-electron chi connectivity index (χ3n) is 4.41. The average molecular weight is 478 g/mol. The number of esters is 1. The average Bonchev–Trinajstić information content (AvgIpc) is 2.73. The zero-order valence-electron chi connectivity index (χ0n) is 16.9. The van der Waals surface area contributed by atoms with Crippen LogP contribution in [-0.4, -0.2) is 35.1 Å². The molecule has 33 heavy (non-hydrogen) atoms. The number of hydrogen-bond donors (Lipinski definition) is 3. The molecule has 3 aromatic rings. The summed E-state index contributed by atoms with van der Waals surface area (Å²) in [5, 5.41) is 18.9. The van der Waals surface area contributed by atoms with Crippen molar-refractivity contribution >= 4 is 33.3 Å². The summed E-state index contributed by atoms with van der Waals surface area (Å²) in [6.07, 6.45) is 0.202. The summed E-state index contributed by atoms with van der Waals surface area (Å²) in [6.45, 7) is 0. The first-order valence-electron chi connectivity index (χ1n) is 9.54. The molecule has 3 N–H and O–H groups in total. The quantitative estimate of drug-likeness (QED) is 0.234. The molecule has 174 valence electrons. The van der Waals surface area contributed by atoms with Crippen molar-refractivity contribution in [1.82, 2.24) is 0 Å². The Labute approximate surface area is 186 Å². The van der Waals surface area contributed by atoms with Gasteiger partial charge in [-0.15, -0.1) is 0 Å². The normalized spacial score (nSPS) is 11.3. The molecule has 0 saturated carbocycles. The molecule has 1 aromatic heterocycles. The number of carboxylic acid groups (broad SMARTS) is 1. The van der Waals surface area contributed by atoms with Gasteiger partial charge in [-0.25, -0.2) is 0 Å². The van der Waals surface area contributed by atoms with E-state index in [2.05, 4.69) is 4.18 Å². The number of aliphatic carboxylic acids is 1. The lowest BCUT2D eigenvalue weighted by Crippen LogP contribution is -2.16. The highest BCUT2D eigenvalue weighted by atomic mass is 32.3. The van der Waals surface area contributed by atoms with Gasteiger partial charge in [0.2, 0.25) is 11.2 Å². The molecule has 1 heterocycles. The van der Waals surface area contributed by atoms with Crippen LogP contribution in [0.5, 0.6) is 17.2 Å². The molecular formula is C21H18O11S. The Morgan fingerprint density at radius 2 is 1.73 bits per heavy atom. The van der Waals surface area contributed by atoms with Gasteiger partial charge in [0.05, 0.1) is 5.39 Å². The van der Waals surface area contributed by atoms with Crippen LogP contribution in [0.4, 0.5) is 0 Å². The number of carboxylic acids is 1. The maximum absolute atomic E-state index is 13.0. The first kappa shape index (κ1) is 23.8. The number of fused-ring (bicyclic) bond motifs is 1. The fourth-order valence-corrected chi connectivity index (χ4v) is 3.33. The number of carbonyl (C=O) groups excluding carboxylic acids is 1. The lowest BCUT2D eigenvalue weighted by Gasteiger charge is -2.12. The molecule has 0 aliphatic heterocycles. The summed E-state index contributed by atoms with van der Waals surface area (Å²) >= 11 is 0. The number of unbranched alkanes of at least 4 members (excludes halogenated alkanes) is 1. The van der Waals surface area contributed by atoms with Crippen molar-refractivity contribution in [1.29, 1.82) is 0 Å². The third-order valence-corrected chi connectivity index (χ3v) is 4.80. The summed E-state index contributed by atoms with van der Waals surface area (Å²) in [7, 11) is -4.89. The van der Waals surface area contributed by atoms with Gasteiger partial charge in [-0.05, 0) is 43.2 Å². The van der Waals surface area contributed by atoms with E-state index in [1.54, 1.807) is 12.1 Å². The molecule has 0 aliphatic rings. The van der Waals surface area contributed by atoms with E-state index in [0.29, 0.717) is 0 Å². The van der Waals surface area contributed by atoms with E-state index in [-0.39, 0.29) is 48.0 Å². The Morgan fingerprint density at radius 1 is 1.03 bits per heavy atom. The van der Waals surface area contributed by atoms with Gasteiger partial charge < -0.3 is 23.6 Å². The maximum atomic E-state index is 13.0. The van der Waals surface area contributed by atoms with Gasteiger partial charge in [0.15, 0.2) is 17.3 Å². The molecule has 0 aliphatic carbocycles. The van der Waals surface area contributed by atoms with Gasteiger partial charge in [-0.2, -0.15) is 8.42 Å². The number of aromatic hydroxyl groups is 1. The van der Waals surface area contributed by atoms with Crippen molar-refractivity contribution in [3.05, 3.63) is 52.7 Å². The van der Waals surface area contributed by atoms with Gasteiger partial charge >= 0.3 is 22.3 Å². The molecule has 0 unspecified atom stereocenters. The monoisotopic (exact) mass is 478 g/mol. The number of phenolic OH excluding ortho intramolecular Hbond substituents is 1. The lowest BCUT2D eigenvalue weighted by atomic mass is 10.1. The molecule has 3 rings (SSSR count). The summed E-state index contributed by atoms with van der Waals surface area (Å²) < 4.78 is 45.8. The summed E-state index contributed by atoms with van der Waals surface area (Å²) in [5.41, 5.74) is -0.452. The lowest BCUT2D eigenvalue weighted by molar-refractivity contribution is -0.138. The number of benzene rings is 2. The number of phenols is 1. The van der Waals surface area contributed by atoms with Gasteiger partial charge in [0, 0.05) is 18.4 Å². The molecule has 11 nitrogen and oxygen atoms in total. The molecule has 0 spiro atoms. The van der Waals surface area contributed by atoms with Crippen LogP contribution in [0.3, 0.4) is 0 Å². The van der Waals surface area contributed by atoms with Crippen molar-refractivity contribution < 1.29 is 46.1 Å². The minimum Gasteiger partial charge on any atom is -0.504 e. The van der Waals surface area contributed by atoms with E-state index in [1.807, 2.05) is 0 Å². The highest BCUT2D eigenvalue weighted by Crippen LogP contribution is 2.36. The molecule has 12 heteroatoms. The van der Waals surface area contributed by atoms with Gasteiger partial charge in [0.1, 0.15) is 5.58 Å². The Kier molecular flexibility index (Phi) is 6.99. The van der Waals surface area contributed by atoms with Gasteiger partial charge in [-0.1, -0.05) is 12.1 Å². The third kappa shape index (κ3) is 6.08. The minimum atomic E-state index is -4.89. The SMILES string of the molecule is O=C(O)CCCCC(=O)Oc1c(-c2ccc(OS(=O)(=O)O)c(O)c2)oc2ccccc2c1=O. The number of rotatable bonds is 9. The predicted octanol–water partition coefficient (Wildman–Crippen LogP) is 2.90. The molecular weight excluding hydrogens is 460 g/mol. The largest absolute Gasteiger partial charge is 0.504 e. The molecule has 0 radical (unpaired) electrons. The highest BCUT2D eigenvalue weighted by Gasteiger charge is 2.22. The molecule has 0 bridgehead atoms. The van der Waals surface area contributed by atoms with E-state index in [1.165, 1.54) is 18.2 Å². The Hall–Kier alpha value is -3.90. The van der Waals surface area contributed by atoms with Crippen molar-refractivity contribution in [3.63, 3.8) is 0 Å². The van der Waals surface area contributed by atoms with Crippen LogP contribution in [-0.2, 0) is 20.0 Å². The van der Waals surface area contributed by atoms with Crippen LogP contribution < -0.4 is 14.3 Å². The van der Waals surface area contributed by atoms with E-state index >= 15 is 0 Å². The molecule has 2 aromatic carbocycles. The summed E-state index contributed by atoms with van der Waals surface area (Å²) in [5.74, 6) is -3.75.